The van der Waals surface area contributed by atoms with Crippen molar-refractivity contribution >= 4 is 17.5 Å². The van der Waals surface area contributed by atoms with Crippen molar-refractivity contribution in [3.63, 3.8) is 0 Å². The summed E-state index contributed by atoms with van der Waals surface area (Å²) >= 11 is 0. The van der Waals surface area contributed by atoms with Gasteiger partial charge in [0.25, 0.3) is 0 Å². The van der Waals surface area contributed by atoms with E-state index in [-0.39, 0.29) is 37.1 Å². The average molecular weight is 294 g/mol. The summed E-state index contributed by atoms with van der Waals surface area (Å²) in [5.74, 6) is -1.16. The smallest absolute Gasteiger partial charge is 0.227 e. The van der Waals surface area contributed by atoms with Crippen LogP contribution in [0.3, 0.4) is 0 Å². The molecular formula is C15H19FN2O3. The third kappa shape index (κ3) is 3.58. The van der Waals surface area contributed by atoms with E-state index in [1.165, 1.54) is 17.0 Å². The number of aliphatic hydroxyl groups excluding tert-OH is 1. The van der Waals surface area contributed by atoms with E-state index >= 15 is 0 Å². The number of aliphatic hydroxyl groups is 1. The number of aryl methyl sites for hydroxylation is 1. The molecule has 0 saturated carbocycles. The zero-order valence-electron chi connectivity index (χ0n) is 12.1. The third-order valence-electron chi connectivity index (χ3n) is 3.52. The van der Waals surface area contributed by atoms with Crippen LogP contribution in [0.1, 0.15) is 18.9 Å². The fraction of sp³-hybridized carbons (Fsp3) is 0.467. The molecule has 0 bridgehead atoms. The first kappa shape index (κ1) is 15.4. The number of carbonyl (C=O) groups is 2. The average Bonchev–Trinajstić information content (AvgIpc) is 2.81. The summed E-state index contributed by atoms with van der Waals surface area (Å²) in [6.07, 6.45) is -0.496. The van der Waals surface area contributed by atoms with Gasteiger partial charge in [-0.3, -0.25) is 9.59 Å². The lowest BCUT2D eigenvalue weighted by molar-refractivity contribution is -0.126. The Labute approximate surface area is 122 Å². The molecule has 2 atom stereocenters. The van der Waals surface area contributed by atoms with Crippen molar-refractivity contribution < 1.29 is 19.1 Å². The summed E-state index contributed by atoms with van der Waals surface area (Å²) in [6.45, 7) is 3.65. The fourth-order valence-corrected chi connectivity index (χ4v) is 2.32. The van der Waals surface area contributed by atoms with Crippen molar-refractivity contribution in [3.8, 4) is 0 Å². The van der Waals surface area contributed by atoms with E-state index in [2.05, 4.69) is 5.32 Å². The van der Waals surface area contributed by atoms with Gasteiger partial charge in [-0.25, -0.2) is 4.39 Å². The molecule has 21 heavy (non-hydrogen) atoms. The molecule has 0 spiro atoms. The number of hydrogen-bond acceptors (Lipinski definition) is 3. The largest absolute Gasteiger partial charge is 0.392 e. The number of halogens is 1. The molecule has 0 radical (unpaired) electrons. The normalized spacial score (nSPS) is 19.7. The van der Waals surface area contributed by atoms with E-state index in [4.69, 9.17) is 5.11 Å². The second-order valence-electron chi connectivity index (χ2n) is 5.43. The summed E-state index contributed by atoms with van der Waals surface area (Å²) < 4.78 is 13.3. The maximum absolute atomic E-state index is 13.3. The van der Waals surface area contributed by atoms with E-state index in [1.54, 1.807) is 19.9 Å². The molecule has 114 valence electrons. The zero-order chi connectivity index (χ0) is 15.6. The summed E-state index contributed by atoms with van der Waals surface area (Å²) in [7, 11) is 0. The van der Waals surface area contributed by atoms with Gasteiger partial charge in [0.1, 0.15) is 5.82 Å². The van der Waals surface area contributed by atoms with Crippen molar-refractivity contribution in [2.24, 2.45) is 5.92 Å². The van der Waals surface area contributed by atoms with Crippen LogP contribution in [0, 0.1) is 18.7 Å². The number of anilines is 1. The van der Waals surface area contributed by atoms with Crippen molar-refractivity contribution in [1.82, 2.24) is 5.32 Å². The van der Waals surface area contributed by atoms with Crippen LogP contribution < -0.4 is 10.2 Å². The van der Waals surface area contributed by atoms with E-state index in [1.807, 2.05) is 0 Å². The predicted molar refractivity (Wildman–Crippen MR) is 76.3 cm³/mol. The molecule has 0 aromatic heterocycles. The van der Waals surface area contributed by atoms with Crippen LogP contribution in [-0.2, 0) is 9.59 Å². The number of nitrogens with zero attached hydrogens (tertiary/aromatic N) is 1. The summed E-state index contributed by atoms with van der Waals surface area (Å²) in [6, 6.07) is 4.46. The molecule has 1 aromatic rings. The molecule has 1 aliphatic heterocycles. The highest BCUT2D eigenvalue weighted by molar-refractivity contribution is 6.00. The van der Waals surface area contributed by atoms with Crippen LogP contribution in [0.25, 0.3) is 0 Å². The Bertz CT molecular complexity index is 560. The Balaban J connectivity index is 2.05. The van der Waals surface area contributed by atoms with Crippen LogP contribution >= 0.6 is 0 Å². The SMILES string of the molecule is Cc1cc(N2CC(C(=O)NCC(C)O)CC2=O)ccc1F. The van der Waals surface area contributed by atoms with Gasteiger partial charge in [0.2, 0.25) is 11.8 Å². The first-order valence-electron chi connectivity index (χ1n) is 6.90. The van der Waals surface area contributed by atoms with Gasteiger partial charge in [-0.05, 0) is 37.6 Å². The van der Waals surface area contributed by atoms with Crippen LogP contribution in [0.2, 0.25) is 0 Å². The second kappa shape index (κ2) is 6.22. The van der Waals surface area contributed by atoms with Crippen LogP contribution in [0.15, 0.2) is 18.2 Å². The molecule has 1 fully saturated rings. The number of nitrogens with one attached hydrogen (secondary N) is 1. The molecule has 1 aliphatic rings. The van der Waals surface area contributed by atoms with Crippen LogP contribution in [-0.4, -0.2) is 36.1 Å². The molecule has 0 aliphatic carbocycles. The molecule has 2 rings (SSSR count). The zero-order valence-corrected chi connectivity index (χ0v) is 12.1. The first-order valence-corrected chi connectivity index (χ1v) is 6.90. The fourth-order valence-electron chi connectivity index (χ4n) is 2.32. The van der Waals surface area contributed by atoms with Gasteiger partial charge >= 0.3 is 0 Å². The van der Waals surface area contributed by atoms with E-state index < -0.39 is 12.0 Å². The summed E-state index contributed by atoms with van der Waals surface area (Å²) in [5, 5.41) is 11.8. The molecule has 2 unspecified atom stereocenters. The van der Waals surface area contributed by atoms with Crippen molar-refractivity contribution in [1.29, 1.82) is 0 Å². The van der Waals surface area contributed by atoms with Gasteiger partial charge < -0.3 is 15.3 Å². The van der Waals surface area contributed by atoms with E-state index in [0.29, 0.717) is 11.3 Å². The molecule has 1 aromatic carbocycles. The van der Waals surface area contributed by atoms with Gasteiger partial charge in [-0.15, -0.1) is 0 Å². The van der Waals surface area contributed by atoms with E-state index in [9.17, 15) is 14.0 Å². The maximum atomic E-state index is 13.3. The number of hydrogen-bond donors (Lipinski definition) is 2. The minimum Gasteiger partial charge on any atom is -0.392 e. The molecule has 1 saturated heterocycles. The second-order valence-corrected chi connectivity index (χ2v) is 5.43. The molecule has 5 nitrogen and oxygen atoms in total. The van der Waals surface area contributed by atoms with Crippen molar-refractivity contribution in [2.75, 3.05) is 18.0 Å². The molecule has 2 amide bonds. The quantitative estimate of drug-likeness (QED) is 0.870. The van der Waals surface area contributed by atoms with E-state index in [0.717, 1.165) is 0 Å². The molecule has 6 heteroatoms. The lowest BCUT2D eigenvalue weighted by Crippen LogP contribution is -2.36. The molecule has 1 heterocycles. The number of rotatable bonds is 4. The highest BCUT2D eigenvalue weighted by Crippen LogP contribution is 2.26. The highest BCUT2D eigenvalue weighted by Gasteiger charge is 2.35. The topological polar surface area (TPSA) is 69.6 Å². The summed E-state index contributed by atoms with van der Waals surface area (Å²) in [4.78, 5) is 25.5. The van der Waals surface area contributed by atoms with Gasteiger partial charge in [0.15, 0.2) is 0 Å². The Morgan fingerprint density at radius 3 is 2.90 bits per heavy atom. The van der Waals surface area contributed by atoms with Gasteiger partial charge in [0.05, 0.1) is 12.0 Å². The number of benzene rings is 1. The lowest BCUT2D eigenvalue weighted by atomic mass is 10.1. The van der Waals surface area contributed by atoms with Crippen LogP contribution in [0.5, 0.6) is 0 Å². The van der Waals surface area contributed by atoms with Gasteiger partial charge in [0, 0.05) is 25.2 Å². The number of carbonyl (C=O) groups excluding carboxylic acids is 2. The minimum atomic E-state index is -0.623. The Kier molecular flexibility index (Phi) is 4.57. The Morgan fingerprint density at radius 1 is 1.57 bits per heavy atom. The van der Waals surface area contributed by atoms with Crippen LogP contribution in [0.4, 0.5) is 10.1 Å². The lowest BCUT2D eigenvalue weighted by Gasteiger charge is -2.17. The number of amides is 2. The first-order chi connectivity index (χ1) is 9.88. The maximum Gasteiger partial charge on any atom is 0.227 e. The predicted octanol–water partition coefficient (Wildman–Crippen LogP) is 0.984. The standard InChI is InChI=1S/C15H19FN2O3/c1-9-5-12(3-4-13(9)16)18-8-11(6-14(18)20)15(21)17-7-10(2)19/h3-5,10-11,19H,6-8H2,1-2H3,(H,17,21). The summed E-state index contributed by atoms with van der Waals surface area (Å²) in [5.41, 5.74) is 1.06. The highest BCUT2D eigenvalue weighted by atomic mass is 19.1. The monoisotopic (exact) mass is 294 g/mol. The van der Waals surface area contributed by atoms with Crippen molar-refractivity contribution in [3.05, 3.63) is 29.6 Å². The molecule has 2 N–H and O–H groups in total. The molecular weight excluding hydrogens is 275 g/mol. The van der Waals surface area contributed by atoms with Crippen molar-refractivity contribution in [2.45, 2.75) is 26.4 Å². The van der Waals surface area contributed by atoms with Gasteiger partial charge in [-0.2, -0.15) is 0 Å². The van der Waals surface area contributed by atoms with Gasteiger partial charge in [-0.1, -0.05) is 0 Å². The Hall–Kier alpha value is -1.95. The minimum absolute atomic E-state index is 0.127. The third-order valence-corrected chi connectivity index (χ3v) is 3.52. The Morgan fingerprint density at radius 2 is 2.29 bits per heavy atom.